The molecule has 0 aliphatic carbocycles. The number of nitrogens with zero attached hydrogens (tertiary/aromatic N) is 1. The topological polar surface area (TPSA) is 43.3 Å². The molecular formula is C21H20F2N2O2. The summed E-state index contributed by atoms with van der Waals surface area (Å²) >= 11 is 0. The predicted molar refractivity (Wildman–Crippen MR) is 99.3 cm³/mol. The molecule has 1 N–H and O–H groups in total. The number of carbonyl (C=O) groups excluding carboxylic acids is 1. The highest BCUT2D eigenvalue weighted by Crippen LogP contribution is 2.23. The van der Waals surface area contributed by atoms with Crippen molar-refractivity contribution in [3.63, 3.8) is 0 Å². The molecule has 6 heteroatoms. The van der Waals surface area contributed by atoms with E-state index in [4.69, 9.17) is 4.74 Å². The molecular weight excluding hydrogens is 350 g/mol. The molecule has 0 fully saturated rings. The monoisotopic (exact) mass is 370 g/mol. The molecule has 0 radical (unpaired) electrons. The molecule has 4 nitrogen and oxygen atoms in total. The zero-order valence-electron chi connectivity index (χ0n) is 15.3. The van der Waals surface area contributed by atoms with Crippen LogP contribution in [0.15, 0.2) is 48.5 Å². The van der Waals surface area contributed by atoms with Gasteiger partial charge >= 0.3 is 0 Å². The molecule has 1 amide bonds. The molecule has 0 atom stereocenters. The summed E-state index contributed by atoms with van der Waals surface area (Å²) in [5, 5.41) is 2.71. The fraction of sp³-hybridized carbons (Fsp3) is 0.190. The summed E-state index contributed by atoms with van der Waals surface area (Å²) in [6.45, 7) is 3.80. The summed E-state index contributed by atoms with van der Waals surface area (Å²) < 4.78 is 33.8. The van der Waals surface area contributed by atoms with E-state index in [2.05, 4.69) is 5.32 Å². The van der Waals surface area contributed by atoms with Gasteiger partial charge in [-0.1, -0.05) is 6.07 Å². The second-order valence-electron chi connectivity index (χ2n) is 6.28. The van der Waals surface area contributed by atoms with E-state index in [1.165, 1.54) is 12.1 Å². The van der Waals surface area contributed by atoms with E-state index in [-0.39, 0.29) is 12.5 Å². The highest BCUT2D eigenvalue weighted by Gasteiger charge is 2.17. The third kappa shape index (κ3) is 4.00. The summed E-state index contributed by atoms with van der Waals surface area (Å²) in [6, 6.07) is 12.5. The Morgan fingerprint density at radius 3 is 2.44 bits per heavy atom. The summed E-state index contributed by atoms with van der Waals surface area (Å²) in [7, 11) is 1.60. The van der Waals surface area contributed by atoms with Crippen molar-refractivity contribution in [2.75, 3.05) is 7.11 Å². The summed E-state index contributed by atoms with van der Waals surface area (Å²) in [5.74, 6) is -0.924. The normalized spacial score (nSPS) is 10.7. The highest BCUT2D eigenvalue weighted by molar-refractivity contribution is 5.95. The zero-order chi connectivity index (χ0) is 19.6. The van der Waals surface area contributed by atoms with E-state index < -0.39 is 11.6 Å². The molecule has 0 unspecified atom stereocenters. The minimum atomic E-state index is -0.671. The first-order valence-electron chi connectivity index (χ1n) is 8.45. The number of amides is 1. The number of hydrogen-bond acceptors (Lipinski definition) is 2. The van der Waals surface area contributed by atoms with Crippen LogP contribution in [0.2, 0.25) is 0 Å². The number of nitrogens with one attached hydrogen (secondary N) is 1. The number of benzene rings is 2. The summed E-state index contributed by atoms with van der Waals surface area (Å²) in [4.78, 5) is 12.6. The van der Waals surface area contributed by atoms with E-state index in [0.717, 1.165) is 28.9 Å². The molecule has 2 aromatic carbocycles. The molecule has 27 heavy (non-hydrogen) atoms. The van der Waals surface area contributed by atoms with E-state index in [1.54, 1.807) is 13.2 Å². The van der Waals surface area contributed by atoms with Gasteiger partial charge in [0.2, 0.25) is 0 Å². The van der Waals surface area contributed by atoms with Gasteiger partial charge in [-0.3, -0.25) is 4.79 Å². The molecule has 0 bridgehead atoms. The van der Waals surface area contributed by atoms with E-state index in [0.29, 0.717) is 11.1 Å². The van der Waals surface area contributed by atoms with Crippen molar-refractivity contribution in [3.8, 4) is 11.4 Å². The molecule has 140 valence electrons. The Morgan fingerprint density at radius 2 is 1.78 bits per heavy atom. The number of aryl methyl sites for hydroxylation is 1. The van der Waals surface area contributed by atoms with Crippen molar-refractivity contribution >= 4 is 5.91 Å². The molecule has 1 aromatic heterocycles. The van der Waals surface area contributed by atoms with Crippen molar-refractivity contribution in [1.29, 1.82) is 0 Å². The SMILES string of the molecule is COc1cccc(-n2c(C)cc(C(=O)NCc3cc(F)cc(F)c3)c2C)c1. The second-order valence-corrected chi connectivity index (χ2v) is 6.28. The van der Waals surface area contributed by atoms with Gasteiger partial charge in [0.15, 0.2) is 0 Å². The Kier molecular flexibility index (Phi) is 5.26. The number of carbonyl (C=O) groups is 1. The van der Waals surface area contributed by atoms with Crippen molar-refractivity contribution < 1.29 is 18.3 Å². The minimum Gasteiger partial charge on any atom is -0.497 e. The Morgan fingerprint density at radius 1 is 1.07 bits per heavy atom. The van der Waals surface area contributed by atoms with Crippen LogP contribution in [0.1, 0.15) is 27.3 Å². The van der Waals surface area contributed by atoms with Gasteiger partial charge in [0.05, 0.1) is 12.7 Å². The van der Waals surface area contributed by atoms with Crippen molar-refractivity contribution in [2.45, 2.75) is 20.4 Å². The predicted octanol–water partition coefficient (Wildman–Crippen LogP) is 4.31. The molecule has 0 aliphatic heterocycles. The number of ether oxygens (including phenoxy) is 1. The Labute approximate surface area is 156 Å². The Balaban J connectivity index is 1.83. The lowest BCUT2D eigenvalue weighted by molar-refractivity contribution is 0.0950. The van der Waals surface area contributed by atoms with Crippen LogP contribution in [0.3, 0.4) is 0 Å². The van der Waals surface area contributed by atoms with E-state index in [9.17, 15) is 13.6 Å². The van der Waals surface area contributed by atoms with Crippen LogP contribution >= 0.6 is 0 Å². The molecule has 0 saturated heterocycles. The number of aromatic nitrogens is 1. The molecule has 3 rings (SSSR count). The van der Waals surface area contributed by atoms with Gasteiger partial charge < -0.3 is 14.6 Å². The lowest BCUT2D eigenvalue weighted by atomic mass is 10.2. The Hall–Kier alpha value is -3.15. The maximum Gasteiger partial charge on any atom is 0.253 e. The van der Waals surface area contributed by atoms with E-state index >= 15 is 0 Å². The quantitative estimate of drug-likeness (QED) is 0.727. The maximum absolute atomic E-state index is 13.3. The summed E-state index contributed by atoms with van der Waals surface area (Å²) in [5.41, 5.74) is 3.41. The second kappa shape index (κ2) is 7.61. The average Bonchev–Trinajstić information content (AvgIpc) is 2.93. The third-order valence-corrected chi connectivity index (χ3v) is 4.36. The van der Waals surface area contributed by atoms with Gasteiger partial charge in [-0.25, -0.2) is 8.78 Å². The van der Waals surface area contributed by atoms with Crippen LogP contribution in [0.25, 0.3) is 5.69 Å². The molecule has 1 heterocycles. The zero-order valence-corrected chi connectivity index (χ0v) is 15.3. The summed E-state index contributed by atoms with van der Waals surface area (Å²) in [6.07, 6.45) is 0. The smallest absolute Gasteiger partial charge is 0.253 e. The van der Waals surface area contributed by atoms with Crippen molar-refractivity contribution in [3.05, 3.63) is 82.7 Å². The van der Waals surface area contributed by atoms with Gasteiger partial charge in [-0.2, -0.15) is 0 Å². The highest BCUT2D eigenvalue weighted by atomic mass is 19.1. The lowest BCUT2D eigenvalue weighted by Gasteiger charge is -2.11. The van der Waals surface area contributed by atoms with Gasteiger partial charge in [-0.05, 0) is 49.7 Å². The standard InChI is InChI=1S/C21H20F2N2O2/c1-13-7-20(14(2)25(13)18-5-4-6-19(11-18)27-3)21(26)24-12-15-8-16(22)10-17(23)9-15/h4-11H,12H2,1-3H3,(H,24,26). The maximum atomic E-state index is 13.3. The molecule has 3 aromatic rings. The van der Waals surface area contributed by atoms with Gasteiger partial charge in [0, 0.05) is 35.8 Å². The number of methoxy groups -OCH3 is 1. The molecule has 0 spiro atoms. The van der Waals surface area contributed by atoms with E-state index in [1.807, 2.05) is 42.7 Å². The van der Waals surface area contributed by atoms with Crippen molar-refractivity contribution in [1.82, 2.24) is 9.88 Å². The van der Waals surface area contributed by atoms with Crippen LogP contribution in [-0.4, -0.2) is 17.6 Å². The largest absolute Gasteiger partial charge is 0.497 e. The van der Waals surface area contributed by atoms with Crippen LogP contribution in [0.4, 0.5) is 8.78 Å². The number of rotatable bonds is 5. The first-order valence-corrected chi connectivity index (χ1v) is 8.45. The van der Waals surface area contributed by atoms with Crippen LogP contribution < -0.4 is 10.1 Å². The minimum absolute atomic E-state index is 0.0380. The molecule has 0 aliphatic rings. The third-order valence-electron chi connectivity index (χ3n) is 4.36. The van der Waals surface area contributed by atoms with Gasteiger partial charge in [0.1, 0.15) is 17.4 Å². The first-order chi connectivity index (χ1) is 12.9. The lowest BCUT2D eigenvalue weighted by Crippen LogP contribution is -2.23. The van der Waals surface area contributed by atoms with Crippen LogP contribution in [0, 0.1) is 25.5 Å². The van der Waals surface area contributed by atoms with Crippen LogP contribution in [0.5, 0.6) is 5.75 Å². The fourth-order valence-electron chi connectivity index (χ4n) is 3.13. The van der Waals surface area contributed by atoms with Gasteiger partial charge in [-0.15, -0.1) is 0 Å². The average molecular weight is 370 g/mol. The first kappa shape index (κ1) is 18.6. The number of hydrogen-bond donors (Lipinski definition) is 1. The van der Waals surface area contributed by atoms with Crippen LogP contribution in [-0.2, 0) is 6.54 Å². The fourth-order valence-corrected chi connectivity index (χ4v) is 3.13. The Bertz CT molecular complexity index is 976. The number of halogens is 2. The molecule has 0 saturated carbocycles. The van der Waals surface area contributed by atoms with Crippen molar-refractivity contribution in [2.24, 2.45) is 0 Å². The van der Waals surface area contributed by atoms with Gasteiger partial charge in [0.25, 0.3) is 5.91 Å².